The quantitative estimate of drug-likeness (QED) is 0.392. The maximum atomic E-state index is 5.74. The summed E-state index contributed by atoms with van der Waals surface area (Å²) in [4.78, 5) is 6.77. The number of furan rings is 1. The smallest absolute Gasteiger partial charge is 0.191 e. The molecule has 1 saturated heterocycles. The average molecular weight is 386 g/mol. The second-order valence-electron chi connectivity index (χ2n) is 6.68. The van der Waals surface area contributed by atoms with Crippen LogP contribution in [-0.4, -0.2) is 57.8 Å². The van der Waals surface area contributed by atoms with Gasteiger partial charge >= 0.3 is 0 Å². The Balaban J connectivity index is 1.43. The van der Waals surface area contributed by atoms with E-state index in [1.165, 1.54) is 12.8 Å². The van der Waals surface area contributed by atoms with Crippen LogP contribution in [0.15, 0.2) is 52.1 Å². The summed E-state index contributed by atoms with van der Waals surface area (Å²) in [5.41, 5.74) is 0. The molecule has 0 saturated carbocycles. The zero-order chi connectivity index (χ0) is 19.6. The lowest BCUT2D eigenvalue weighted by molar-refractivity contribution is 0.215. The van der Waals surface area contributed by atoms with Gasteiger partial charge in [-0.05, 0) is 62.3 Å². The minimum atomic E-state index is 0.214. The summed E-state index contributed by atoms with van der Waals surface area (Å²) in [7, 11) is 3.43. The molecule has 1 atom stereocenters. The minimum Gasteiger partial charge on any atom is -0.497 e. The Morgan fingerprint density at radius 1 is 1.14 bits per heavy atom. The van der Waals surface area contributed by atoms with Crippen LogP contribution in [0.1, 0.15) is 24.6 Å². The third-order valence-electron chi connectivity index (χ3n) is 4.86. The second kappa shape index (κ2) is 10.6. The van der Waals surface area contributed by atoms with Crippen LogP contribution in [0.4, 0.5) is 0 Å². The molecule has 1 aromatic carbocycles. The molecule has 0 spiro atoms. The van der Waals surface area contributed by atoms with Gasteiger partial charge in [0.25, 0.3) is 0 Å². The summed E-state index contributed by atoms with van der Waals surface area (Å²) in [5.74, 6) is 3.39. The summed E-state index contributed by atoms with van der Waals surface area (Å²) in [6.45, 7) is 4.15. The summed E-state index contributed by atoms with van der Waals surface area (Å²) in [6, 6.07) is 11.8. The van der Waals surface area contributed by atoms with Crippen molar-refractivity contribution in [2.45, 2.75) is 18.9 Å². The van der Waals surface area contributed by atoms with E-state index < -0.39 is 0 Å². The van der Waals surface area contributed by atoms with Gasteiger partial charge in [0.2, 0.25) is 0 Å². The number of likely N-dealkylation sites (tertiary alicyclic amines) is 1. The van der Waals surface area contributed by atoms with Crippen molar-refractivity contribution >= 4 is 5.96 Å². The van der Waals surface area contributed by atoms with Gasteiger partial charge in [0, 0.05) is 13.6 Å². The van der Waals surface area contributed by atoms with E-state index in [9.17, 15) is 0 Å². The largest absolute Gasteiger partial charge is 0.497 e. The third kappa shape index (κ3) is 5.66. The first-order valence-electron chi connectivity index (χ1n) is 9.79. The fourth-order valence-electron chi connectivity index (χ4n) is 3.37. The van der Waals surface area contributed by atoms with E-state index in [2.05, 4.69) is 20.5 Å². The van der Waals surface area contributed by atoms with Crippen LogP contribution in [0.25, 0.3) is 0 Å². The number of nitrogens with zero attached hydrogens (tertiary/aromatic N) is 2. The molecule has 3 rings (SSSR count). The Morgan fingerprint density at radius 3 is 2.54 bits per heavy atom. The van der Waals surface area contributed by atoms with E-state index in [0.29, 0.717) is 13.2 Å². The number of hydrogen-bond donors (Lipinski definition) is 2. The van der Waals surface area contributed by atoms with Crippen molar-refractivity contribution in [1.29, 1.82) is 0 Å². The lowest BCUT2D eigenvalue weighted by Gasteiger charge is -2.26. The van der Waals surface area contributed by atoms with Gasteiger partial charge in [0.05, 0.1) is 26.0 Å². The molecule has 1 unspecified atom stereocenters. The van der Waals surface area contributed by atoms with E-state index in [0.717, 1.165) is 42.9 Å². The van der Waals surface area contributed by atoms with E-state index in [1.807, 2.05) is 36.4 Å². The molecule has 7 nitrogen and oxygen atoms in total. The molecule has 0 amide bonds. The van der Waals surface area contributed by atoms with Crippen LogP contribution in [0.3, 0.4) is 0 Å². The molecule has 2 heterocycles. The van der Waals surface area contributed by atoms with Gasteiger partial charge in [-0.3, -0.25) is 9.89 Å². The summed E-state index contributed by atoms with van der Waals surface area (Å²) >= 11 is 0. The fourth-order valence-corrected chi connectivity index (χ4v) is 3.37. The maximum Gasteiger partial charge on any atom is 0.191 e. The first-order valence-corrected chi connectivity index (χ1v) is 9.79. The molecule has 0 aliphatic carbocycles. The zero-order valence-corrected chi connectivity index (χ0v) is 16.7. The molecule has 1 aliphatic rings. The molecule has 28 heavy (non-hydrogen) atoms. The molecule has 7 heteroatoms. The van der Waals surface area contributed by atoms with Crippen molar-refractivity contribution < 1.29 is 13.9 Å². The summed E-state index contributed by atoms with van der Waals surface area (Å²) < 4.78 is 16.6. The molecule has 1 fully saturated rings. The zero-order valence-electron chi connectivity index (χ0n) is 16.7. The van der Waals surface area contributed by atoms with Gasteiger partial charge in [-0.2, -0.15) is 0 Å². The van der Waals surface area contributed by atoms with Crippen molar-refractivity contribution in [2.24, 2.45) is 4.99 Å². The molecule has 2 N–H and O–H groups in total. The van der Waals surface area contributed by atoms with Crippen LogP contribution in [0.2, 0.25) is 0 Å². The lowest BCUT2D eigenvalue weighted by Crippen LogP contribution is -2.43. The van der Waals surface area contributed by atoms with Gasteiger partial charge in [-0.25, -0.2) is 0 Å². The Bertz CT molecular complexity index is 710. The van der Waals surface area contributed by atoms with Crippen molar-refractivity contribution in [2.75, 3.05) is 46.9 Å². The Hall–Kier alpha value is -2.67. The maximum absolute atomic E-state index is 5.74. The number of methoxy groups -OCH3 is 1. The van der Waals surface area contributed by atoms with Crippen molar-refractivity contribution in [3.8, 4) is 11.5 Å². The van der Waals surface area contributed by atoms with Crippen LogP contribution < -0.4 is 20.1 Å². The molecule has 1 aliphatic heterocycles. The van der Waals surface area contributed by atoms with E-state index in [-0.39, 0.29) is 6.04 Å². The van der Waals surface area contributed by atoms with Gasteiger partial charge in [0.15, 0.2) is 5.96 Å². The standard InChI is InChI=1S/C21H30N4O3/c1-22-21(23-11-15-27-18-9-7-17(26-2)8-10-18)24-16-19(20-6-5-14-28-20)25-12-3-4-13-25/h5-10,14,19H,3-4,11-13,15-16H2,1-2H3,(H2,22,23,24). The highest BCUT2D eigenvalue weighted by molar-refractivity contribution is 5.79. The molecule has 1 aromatic heterocycles. The molecule has 0 bridgehead atoms. The highest BCUT2D eigenvalue weighted by Crippen LogP contribution is 2.24. The fraction of sp³-hybridized carbons (Fsp3) is 0.476. The molecule has 152 valence electrons. The average Bonchev–Trinajstić information content (AvgIpc) is 3.45. The van der Waals surface area contributed by atoms with Crippen LogP contribution >= 0.6 is 0 Å². The van der Waals surface area contributed by atoms with Crippen molar-refractivity contribution in [3.05, 3.63) is 48.4 Å². The normalized spacial score (nSPS) is 16.0. The SMILES string of the molecule is CN=C(NCCOc1ccc(OC)cc1)NCC(c1ccco1)N1CCCC1. The molecule has 2 aromatic rings. The van der Waals surface area contributed by atoms with Crippen LogP contribution in [-0.2, 0) is 0 Å². The molecular formula is C21H30N4O3. The Morgan fingerprint density at radius 2 is 1.89 bits per heavy atom. The lowest BCUT2D eigenvalue weighted by atomic mass is 10.2. The van der Waals surface area contributed by atoms with Gasteiger partial charge in [-0.15, -0.1) is 0 Å². The predicted octanol–water partition coefficient (Wildman–Crippen LogP) is 2.67. The summed E-state index contributed by atoms with van der Waals surface area (Å²) in [6.07, 6.45) is 4.22. The number of nitrogens with one attached hydrogen (secondary N) is 2. The first-order chi connectivity index (χ1) is 13.8. The monoisotopic (exact) mass is 386 g/mol. The highest BCUT2D eigenvalue weighted by Gasteiger charge is 2.25. The van der Waals surface area contributed by atoms with E-state index in [4.69, 9.17) is 13.9 Å². The van der Waals surface area contributed by atoms with Crippen LogP contribution in [0.5, 0.6) is 11.5 Å². The summed E-state index contributed by atoms with van der Waals surface area (Å²) in [5, 5.41) is 6.71. The third-order valence-corrected chi connectivity index (χ3v) is 4.86. The Kier molecular flexibility index (Phi) is 7.61. The molecule has 0 radical (unpaired) electrons. The van der Waals surface area contributed by atoms with Gasteiger partial charge in [0.1, 0.15) is 23.9 Å². The Labute approximate surface area is 166 Å². The van der Waals surface area contributed by atoms with E-state index in [1.54, 1.807) is 20.4 Å². The van der Waals surface area contributed by atoms with Crippen molar-refractivity contribution in [1.82, 2.24) is 15.5 Å². The number of aliphatic imine (C=N–C) groups is 1. The van der Waals surface area contributed by atoms with Gasteiger partial charge in [-0.1, -0.05) is 0 Å². The highest BCUT2D eigenvalue weighted by atomic mass is 16.5. The minimum absolute atomic E-state index is 0.214. The predicted molar refractivity (Wildman–Crippen MR) is 110 cm³/mol. The van der Waals surface area contributed by atoms with E-state index >= 15 is 0 Å². The van der Waals surface area contributed by atoms with Crippen LogP contribution in [0, 0.1) is 0 Å². The van der Waals surface area contributed by atoms with Gasteiger partial charge < -0.3 is 24.5 Å². The number of hydrogen-bond acceptors (Lipinski definition) is 5. The number of guanidine groups is 1. The van der Waals surface area contributed by atoms with Crippen molar-refractivity contribution in [3.63, 3.8) is 0 Å². The second-order valence-corrected chi connectivity index (χ2v) is 6.68. The number of benzene rings is 1. The number of ether oxygens (including phenoxy) is 2. The topological polar surface area (TPSA) is 71.3 Å². The molecular weight excluding hydrogens is 356 g/mol. The first kappa shape index (κ1) is 20.1. The number of rotatable bonds is 9.